The summed E-state index contributed by atoms with van der Waals surface area (Å²) in [6, 6.07) is 20.4. The molecule has 3 aromatic rings. The average molecular weight is 356 g/mol. The molecule has 0 N–H and O–H groups in total. The lowest BCUT2D eigenvalue weighted by atomic mass is 9.84. The third-order valence-corrected chi connectivity index (χ3v) is 5.67. The Morgan fingerprint density at radius 1 is 0.741 bits per heavy atom. The highest BCUT2D eigenvalue weighted by atomic mass is 15.2. The van der Waals surface area contributed by atoms with Crippen molar-refractivity contribution in [1.82, 2.24) is 0 Å². The molecular formula is C26H29N. The molecule has 3 aromatic carbocycles. The van der Waals surface area contributed by atoms with Gasteiger partial charge in [-0.25, -0.2) is 0 Å². The molecule has 138 valence electrons. The van der Waals surface area contributed by atoms with Gasteiger partial charge in [-0.05, 0) is 66.1 Å². The molecule has 1 heterocycles. The monoisotopic (exact) mass is 355 g/mol. The van der Waals surface area contributed by atoms with Crippen molar-refractivity contribution in [3.63, 3.8) is 0 Å². The van der Waals surface area contributed by atoms with Crippen molar-refractivity contribution in [3.8, 4) is 0 Å². The van der Waals surface area contributed by atoms with E-state index < -0.39 is 0 Å². The first-order valence-corrected chi connectivity index (χ1v) is 9.85. The van der Waals surface area contributed by atoms with Crippen LogP contribution in [0.25, 0.3) is 0 Å². The van der Waals surface area contributed by atoms with Crippen LogP contribution in [0.5, 0.6) is 0 Å². The van der Waals surface area contributed by atoms with E-state index in [2.05, 4.69) is 101 Å². The van der Waals surface area contributed by atoms with E-state index in [1.807, 2.05) is 0 Å². The number of hydrogen-bond donors (Lipinski definition) is 0. The zero-order chi connectivity index (χ0) is 19.3. The Morgan fingerprint density at radius 3 is 2.04 bits per heavy atom. The molecule has 0 saturated carbocycles. The number of para-hydroxylation sites is 1. The molecule has 0 saturated heterocycles. The van der Waals surface area contributed by atoms with Gasteiger partial charge in [0.15, 0.2) is 0 Å². The number of benzene rings is 3. The van der Waals surface area contributed by atoms with Crippen molar-refractivity contribution in [1.29, 1.82) is 0 Å². The molecule has 1 heteroatoms. The van der Waals surface area contributed by atoms with Crippen LogP contribution in [-0.4, -0.2) is 0 Å². The molecule has 0 aliphatic carbocycles. The number of hydrogen-bond acceptors (Lipinski definition) is 1. The highest BCUT2D eigenvalue weighted by Crippen LogP contribution is 2.46. The maximum atomic E-state index is 2.48. The van der Waals surface area contributed by atoms with Gasteiger partial charge in [-0.1, -0.05) is 68.8 Å². The van der Waals surface area contributed by atoms with Crippen molar-refractivity contribution in [2.24, 2.45) is 0 Å². The van der Waals surface area contributed by atoms with Gasteiger partial charge in [0.2, 0.25) is 0 Å². The van der Waals surface area contributed by atoms with E-state index in [1.54, 1.807) is 0 Å². The smallest absolute Gasteiger partial charge is 0.0520 e. The van der Waals surface area contributed by atoms with Crippen LogP contribution < -0.4 is 4.90 Å². The van der Waals surface area contributed by atoms with E-state index >= 15 is 0 Å². The Hall–Kier alpha value is -2.54. The Labute approximate surface area is 163 Å². The maximum absolute atomic E-state index is 2.48. The first-order valence-electron chi connectivity index (χ1n) is 9.85. The lowest BCUT2D eigenvalue weighted by Crippen LogP contribution is -2.21. The van der Waals surface area contributed by atoms with Crippen molar-refractivity contribution in [2.75, 3.05) is 4.90 Å². The number of nitrogens with zero attached hydrogens (tertiary/aromatic N) is 1. The van der Waals surface area contributed by atoms with E-state index in [4.69, 9.17) is 0 Å². The number of fused-ring (bicyclic) bond motifs is 2. The summed E-state index contributed by atoms with van der Waals surface area (Å²) in [5, 5.41) is 0. The van der Waals surface area contributed by atoms with Crippen LogP contribution in [-0.2, 0) is 11.8 Å². The van der Waals surface area contributed by atoms with Crippen LogP contribution in [0.1, 0.15) is 54.2 Å². The Morgan fingerprint density at radius 2 is 1.37 bits per heavy atom. The lowest BCUT2D eigenvalue weighted by Gasteiger charge is -2.36. The van der Waals surface area contributed by atoms with E-state index in [0.29, 0.717) is 0 Å². The second-order valence-corrected chi connectivity index (χ2v) is 8.98. The van der Waals surface area contributed by atoms with Gasteiger partial charge in [-0.2, -0.15) is 0 Å². The summed E-state index contributed by atoms with van der Waals surface area (Å²) < 4.78 is 0. The van der Waals surface area contributed by atoms with Crippen molar-refractivity contribution >= 4 is 17.1 Å². The van der Waals surface area contributed by atoms with E-state index in [0.717, 1.165) is 6.42 Å². The fourth-order valence-corrected chi connectivity index (χ4v) is 4.27. The van der Waals surface area contributed by atoms with Gasteiger partial charge >= 0.3 is 0 Å². The first-order chi connectivity index (χ1) is 12.8. The first kappa shape index (κ1) is 17.9. The highest BCUT2D eigenvalue weighted by Gasteiger charge is 2.27. The van der Waals surface area contributed by atoms with Crippen molar-refractivity contribution in [3.05, 3.63) is 88.0 Å². The Bertz CT molecular complexity index is 998. The Kier molecular flexibility index (Phi) is 4.14. The van der Waals surface area contributed by atoms with Crippen molar-refractivity contribution in [2.45, 2.75) is 53.4 Å². The number of anilines is 3. The summed E-state index contributed by atoms with van der Waals surface area (Å²) in [6.07, 6.45) is 1.00. The normalized spacial score (nSPS) is 13.3. The third kappa shape index (κ3) is 3.06. The molecule has 0 radical (unpaired) electrons. The minimum absolute atomic E-state index is 0.156. The van der Waals surface area contributed by atoms with Crippen LogP contribution in [0.3, 0.4) is 0 Å². The number of rotatable bonds is 1. The molecule has 1 aliphatic rings. The van der Waals surface area contributed by atoms with Gasteiger partial charge in [0, 0.05) is 17.8 Å². The number of aryl methyl sites for hydroxylation is 3. The van der Waals surface area contributed by atoms with Gasteiger partial charge in [0.25, 0.3) is 0 Å². The predicted molar refractivity (Wildman–Crippen MR) is 117 cm³/mol. The van der Waals surface area contributed by atoms with Crippen LogP contribution >= 0.6 is 0 Å². The van der Waals surface area contributed by atoms with Gasteiger partial charge in [-0.15, -0.1) is 0 Å². The molecule has 0 spiro atoms. The third-order valence-electron chi connectivity index (χ3n) is 5.67. The molecular weight excluding hydrogens is 326 g/mol. The summed E-state index contributed by atoms with van der Waals surface area (Å²) >= 11 is 0. The maximum Gasteiger partial charge on any atom is 0.0520 e. The second-order valence-electron chi connectivity index (χ2n) is 8.98. The molecule has 0 unspecified atom stereocenters. The van der Waals surface area contributed by atoms with Gasteiger partial charge < -0.3 is 4.90 Å². The molecule has 1 nitrogen and oxygen atoms in total. The fourth-order valence-electron chi connectivity index (χ4n) is 4.27. The lowest BCUT2D eigenvalue weighted by molar-refractivity contribution is 0.589. The standard InChI is InChI=1S/C26H29N/c1-17-11-12-24-21(13-17)16-20-9-7-8-10-23(20)27(24)25-18(2)14-22(15-19(25)3)26(4,5)6/h7-15H,16H2,1-6H3. The van der Waals surface area contributed by atoms with Gasteiger partial charge in [0.05, 0.1) is 5.69 Å². The molecule has 27 heavy (non-hydrogen) atoms. The zero-order valence-electron chi connectivity index (χ0n) is 17.4. The summed E-state index contributed by atoms with van der Waals surface area (Å²) in [5.74, 6) is 0. The van der Waals surface area contributed by atoms with Crippen molar-refractivity contribution < 1.29 is 0 Å². The largest absolute Gasteiger partial charge is 0.309 e. The minimum Gasteiger partial charge on any atom is -0.309 e. The summed E-state index contributed by atoms with van der Waals surface area (Å²) in [7, 11) is 0. The topological polar surface area (TPSA) is 3.24 Å². The fraction of sp³-hybridized carbons (Fsp3) is 0.308. The SMILES string of the molecule is Cc1ccc2c(c1)Cc1ccccc1N2c1c(C)cc(C(C)(C)C)cc1C. The average Bonchev–Trinajstić information content (AvgIpc) is 2.59. The van der Waals surface area contributed by atoms with Crippen LogP contribution in [0.2, 0.25) is 0 Å². The van der Waals surface area contributed by atoms with Crippen LogP contribution in [0.4, 0.5) is 17.1 Å². The molecule has 0 amide bonds. The van der Waals surface area contributed by atoms with Gasteiger partial charge in [0.1, 0.15) is 0 Å². The van der Waals surface area contributed by atoms with E-state index in [1.165, 1.54) is 50.4 Å². The summed E-state index contributed by atoms with van der Waals surface area (Å²) in [4.78, 5) is 2.48. The van der Waals surface area contributed by atoms with Crippen LogP contribution in [0, 0.1) is 20.8 Å². The Balaban J connectivity index is 1.97. The second kappa shape index (κ2) is 6.27. The van der Waals surface area contributed by atoms with E-state index in [9.17, 15) is 0 Å². The zero-order valence-corrected chi connectivity index (χ0v) is 17.4. The molecule has 0 bridgehead atoms. The van der Waals surface area contributed by atoms with Crippen LogP contribution in [0.15, 0.2) is 54.6 Å². The molecule has 4 rings (SSSR count). The highest BCUT2D eigenvalue weighted by molar-refractivity contribution is 5.86. The minimum atomic E-state index is 0.156. The summed E-state index contributed by atoms with van der Waals surface area (Å²) in [5.41, 5.74) is 12.3. The predicted octanol–water partition coefficient (Wildman–Crippen LogP) is 7.28. The molecule has 0 atom stereocenters. The molecule has 0 fully saturated rings. The van der Waals surface area contributed by atoms with E-state index in [-0.39, 0.29) is 5.41 Å². The quantitative estimate of drug-likeness (QED) is 0.347. The molecule has 1 aliphatic heterocycles. The van der Waals surface area contributed by atoms with Gasteiger partial charge in [-0.3, -0.25) is 0 Å². The summed E-state index contributed by atoms with van der Waals surface area (Å²) in [6.45, 7) is 13.5. The molecule has 0 aromatic heterocycles.